The number of carbonyl (C=O) groups excluding carboxylic acids is 1. The summed E-state index contributed by atoms with van der Waals surface area (Å²) < 4.78 is 14.3. The van der Waals surface area contributed by atoms with E-state index in [2.05, 4.69) is 25.9 Å². The highest BCUT2D eigenvalue weighted by molar-refractivity contribution is 6.04. The van der Waals surface area contributed by atoms with Crippen LogP contribution >= 0.6 is 0 Å². The Morgan fingerprint density at radius 1 is 0.676 bits per heavy atom. The number of benzene rings is 3. The highest BCUT2D eigenvalue weighted by atomic mass is 19.1. The first-order valence-electron chi connectivity index (χ1n) is 10.6. The minimum absolute atomic E-state index is 0.221. The molecule has 0 aliphatic rings. The Labute approximate surface area is 195 Å². The van der Waals surface area contributed by atoms with E-state index in [1.807, 2.05) is 36.4 Å². The molecule has 0 fully saturated rings. The average molecular weight is 449 g/mol. The van der Waals surface area contributed by atoms with Gasteiger partial charge in [0.1, 0.15) is 5.82 Å². The summed E-state index contributed by atoms with van der Waals surface area (Å²) in [6.45, 7) is 0. The van der Waals surface area contributed by atoms with Gasteiger partial charge in [0.2, 0.25) is 0 Å². The second-order valence-electron chi connectivity index (χ2n) is 7.59. The first-order valence-corrected chi connectivity index (χ1v) is 10.6. The molecule has 34 heavy (non-hydrogen) atoms. The van der Waals surface area contributed by atoms with Gasteiger partial charge in [0, 0.05) is 46.9 Å². The van der Waals surface area contributed by atoms with Crippen molar-refractivity contribution in [2.24, 2.45) is 0 Å². The van der Waals surface area contributed by atoms with Crippen molar-refractivity contribution in [2.75, 3.05) is 16.0 Å². The maximum Gasteiger partial charge on any atom is 0.255 e. The highest BCUT2D eigenvalue weighted by Crippen LogP contribution is 2.27. The lowest BCUT2D eigenvalue weighted by molar-refractivity contribution is 0.102. The van der Waals surface area contributed by atoms with Gasteiger partial charge in [-0.25, -0.2) is 4.39 Å². The molecule has 0 bridgehead atoms. The van der Waals surface area contributed by atoms with E-state index in [1.165, 1.54) is 6.07 Å². The predicted molar refractivity (Wildman–Crippen MR) is 133 cm³/mol. The van der Waals surface area contributed by atoms with Gasteiger partial charge in [-0.3, -0.25) is 14.8 Å². The fourth-order valence-electron chi connectivity index (χ4n) is 3.57. The lowest BCUT2D eigenvalue weighted by Crippen LogP contribution is -2.11. The molecule has 6 nitrogen and oxygen atoms in total. The lowest BCUT2D eigenvalue weighted by Gasteiger charge is -2.11. The zero-order chi connectivity index (χ0) is 23.3. The van der Waals surface area contributed by atoms with Gasteiger partial charge in [-0.05, 0) is 78.9 Å². The van der Waals surface area contributed by atoms with Gasteiger partial charge in [-0.1, -0.05) is 6.07 Å². The quantitative estimate of drug-likeness (QED) is 0.275. The van der Waals surface area contributed by atoms with Crippen molar-refractivity contribution in [1.29, 1.82) is 0 Å². The monoisotopic (exact) mass is 449 g/mol. The molecule has 0 spiro atoms. The molecule has 0 saturated carbocycles. The van der Waals surface area contributed by atoms with E-state index < -0.39 is 0 Å². The Balaban J connectivity index is 1.25. The summed E-state index contributed by atoms with van der Waals surface area (Å²) in [7, 11) is 0. The molecular weight excluding hydrogens is 429 g/mol. The number of amides is 1. The van der Waals surface area contributed by atoms with E-state index in [4.69, 9.17) is 0 Å². The molecule has 0 unspecified atom stereocenters. The standard InChI is InChI=1S/C27H20FN5O/c28-23-2-1-3-24-26(23)25(14-17-30-24)32-20-6-4-18(5-7-20)27(34)33-21-10-8-19(9-11-21)31-22-12-15-29-16-13-22/h1-17H,(H,29,31)(H,30,32)(H,33,34). The predicted octanol–water partition coefficient (Wildman–Crippen LogP) is 6.51. The molecule has 1 amide bonds. The number of carbonyl (C=O) groups is 1. The van der Waals surface area contributed by atoms with E-state index in [0.29, 0.717) is 27.8 Å². The summed E-state index contributed by atoms with van der Waals surface area (Å²) >= 11 is 0. The van der Waals surface area contributed by atoms with Gasteiger partial charge in [-0.15, -0.1) is 0 Å². The number of halogens is 1. The van der Waals surface area contributed by atoms with E-state index >= 15 is 0 Å². The molecule has 0 saturated heterocycles. The fourth-order valence-corrected chi connectivity index (χ4v) is 3.57. The van der Waals surface area contributed by atoms with Gasteiger partial charge in [-0.2, -0.15) is 0 Å². The van der Waals surface area contributed by atoms with Crippen LogP contribution in [0.4, 0.5) is 32.8 Å². The minimum Gasteiger partial charge on any atom is -0.355 e. The number of pyridine rings is 2. The van der Waals surface area contributed by atoms with Crippen molar-refractivity contribution in [2.45, 2.75) is 0 Å². The van der Waals surface area contributed by atoms with Crippen LogP contribution in [0.2, 0.25) is 0 Å². The lowest BCUT2D eigenvalue weighted by atomic mass is 10.1. The maximum absolute atomic E-state index is 14.3. The maximum atomic E-state index is 14.3. The van der Waals surface area contributed by atoms with Crippen molar-refractivity contribution < 1.29 is 9.18 Å². The van der Waals surface area contributed by atoms with Crippen LogP contribution in [0.25, 0.3) is 10.9 Å². The normalized spacial score (nSPS) is 10.6. The number of hydrogen-bond acceptors (Lipinski definition) is 5. The number of nitrogens with one attached hydrogen (secondary N) is 3. The average Bonchev–Trinajstić information content (AvgIpc) is 2.86. The first-order chi connectivity index (χ1) is 16.7. The van der Waals surface area contributed by atoms with Crippen molar-refractivity contribution in [3.05, 3.63) is 115 Å². The topological polar surface area (TPSA) is 78.9 Å². The number of anilines is 5. The number of fused-ring (bicyclic) bond motifs is 1. The fraction of sp³-hybridized carbons (Fsp3) is 0. The van der Waals surface area contributed by atoms with Crippen LogP contribution in [0.1, 0.15) is 10.4 Å². The molecule has 3 aromatic carbocycles. The number of aromatic nitrogens is 2. The van der Waals surface area contributed by atoms with Gasteiger partial charge >= 0.3 is 0 Å². The van der Waals surface area contributed by atoms with Gasteiger partial charge < -0.3 is 16.0 Å². The van der Waals surface area contributed by atoms with Crippen LogP contribution < -0.4 is 16.0 Å². The van der Waals surface area contributed by atoms with Crippen molar-refractivity contribution in [3.8, 4) is 0 Å². The summed E-state index contributed by atoms with van der Waals surface area (Å²) in [6, 6.07) is 24.7. The van der Waals surface area contributed by atoms with Gasteiger partial charge in [0.15, 0.2) is 0 Å². The molecule has 0 aliphatic carbocycles. The molecule has 5 aromatic rings. The molecule has 0 radical (unpaired) electrons. The Morgan fingerprint density at radius 2 is 1.32 bits per heavy atom. The number of rotatable bonds is 6. The summed E-state index contributed by atoms with van der Waals surface area (Å²) in [5.74, 6) is -0.562. The Bertz CT molecular complexity index is 1430. The Hall–Kier alpha value is -4.78. The number of hydrogen-bond donors (Lipinski definition) is 3. The summed E-state index contributed by atoms with van der Waals surface area (Å²) in [6.07, 6.45) is 5.06. The first kappa shape index (κ1) is 21.1. The zero-order valence-electron chi connectivity index (χ0n) is 18.0. The van der Waals surface area contributed by atoms with Crippen LogP contribution in [0.5, 0.6) is 0 Å². The van der Waals surface area contributed by atoms with E-state index in [-0.39, 0.29) is 11.7 Å². The third kappa shape index (κ3) is 4.68. The van der Waals surface area contributed by atoms with Crippen LogP contribution in [-0.4, -0.2) is 15.9 Å². The third-order valence-electron chi connectivity index (χ3n) is 5.25. The molecule has 2 heterocycles. The Kier molecular flexibility index (Phi) is 5.82. The Morgan fingerprint density at radius 3 is 2.09 bits per heavy atom. The van der Waals surface area contributed by atoms with Crippen molar-refractivity contribution in [3.63, 3.8) is 0 Å². The van der Waals surface area contributed by atoms with Gasteiger partial charge in [0.05, 0.1) is 16.6 Å². The molecule has 2 aromatic heterocycles. The molecule has 166 valence electrons. The second kappa shape index (κ2) is 9.38. The third-order valence-corrected chi connectivity index (χ3v) is 5.25. The molecule has 0 aliphatic heterocycles. The van der Waals surface area contributed by atoms with Crippen LogP contribution in [0, 0.1) is 5.82 Å². The minimum atomic E-state index is -0.342. The van der Waals surface area contributed by atoms with E-state index in [0.717, 1.165) is 17.1 Å². The number of nitrogens with zero attached hydrogens (tertiary/aromatic N) is 2. The highest BCUT2D eigenvalue weighted by Gasteiger charge is 2.09. The van der Waals surface area contributed by atoms with Crippen LogP contribution in [-0.2, 0) is 0 Å². The molecule has 0 atom stereocenters. The van der Waals surface area contributed by atoms with E-state index in [9.17, 15) is 9.18 Å². The molecule has 5 rings (SSSR count). The van der Waals surface area contributed by atoms with E-state index in [1.54, 1.807) is 61.1 Å². The molecule has 7 heteroatoms. The van der Waals surface area contributed by atoms with Gasteiger partial charge in [0.25, 0.3) is 5.91 Å². The van der Waals surface area contributed by atoms with Crippen LogP contribution in [0.15, 0.2) is 104 Å². The van der Waals surface area contributed by atoms with Crippen LogP contribution in [0.3, 0.4) is 0 Å². The van der Waals surface area contributed by atoms with Crippen molar-refractivity contribution in [1.82, 2.24) is 9.97 Å². The largest absolute Gasteiger partial charge is 0.355 e. The zero-order valence-corrected chi connectivity index (χ0v) is 18.0. The summed E-state index contributed by atoms with van der Waals surface area (Å²) in [5.41, 5.74) is 4.95. The molecular formula is C27H20FN5O. The summed E-state index contributed by atoms with van der Waals surface area (Å²) in [5, 5.41) is 9.80. The van der Waals surface area contributed by atoms with Crippen molar-refractivity contribution >= 4 is 45.2 Å². The summed E-state index contributed by atoms with van der Waals surface area (Å²) in [4.78, 5) is 20.9. The second-order valence-corrected chi connectivity index (χ2v) is 7.59. The molecule has 3 N–H and O–H groups in total. The smallest absolute Gasteiger partial charge is 0.255 e. The SMILES string of the molecule is O=C(Nc1ccc(Nc2ccncc2)cc1)c1ccc(Nc2ccnc3cccc(F)c23)cc1.